The summed E-state index contributed by atoms with van der Waals surface area (Å²) < 4.78 is 0. The average Bonchev–Trinajstić information content (AvgIpc) is 2.40. The Morgan fingerprint density at radius 1 is 1.37 bits per heavy atom. The molecule has 0 aromatic heterocycles. The molecule has 1 aliphatic heterocycles. The minimum atomic E-state index is 0.330. The highest BCUT2D eigenvalue weighted by molar-refractivity contribution is 5.40. The van der Waals surface area contributed by atoms with Gasteiger partial charge in [-0.2, -0.15) is 0 Å². The molecule has 104 valence electrons. The number of hydrogen-bond donors (Lipinski definition) is 1. The van der Waals surface area contributed by atoms with Crippen LogP contribution in [0.4, 0.5) is 0 Å². The van der Waals surface area contributed by atoms with Crippen molar-refractivity contribution in [2.24, 2.45) is 0 Å². The van der Waals surface area contributed by atoms with Crippen LogP contribution in [-0.2, 0) is 6.42 Å². The summed E-state index contributed by atoms with van der Waals surface area (Å²) in [5.41, 5.74) is 3.48. The molecule has 1 saturated heterocycles. The van der Waals surface area contributed by atoms with Gasteiger partial charge < -0.3 is 5.32 Å². The molecule has 1 aliphatic carbocycles. The summed E-state index contributed by atoms with van der Waals surface area (Å²) in [6, 6.07) is 9.57. The molecule has 0 spiro atoms. The van der Waals surface area contributed by atoms with Crippen LogP contribution >= 0.6 is 0 Å². The van der Waals surface area contributed by atoms with Crippen LogP contribution in [0.1, 0.15) is 44.2 Å². The summed E-state index contributed by atoms with van der Waals surface area (Å²) >= 11 is 0. The molecule has 3 unspecified atom stereocenters. The second kappa shape index (κ2) is 4.92. The van der Waals surface area contributed by atoms with Crippen LogP contribution in [0.5, 0.6) is 0 Å². The van der Waals surface area contributed by atoms with Gasteiger partial charge in [-0.15, -0.1) is 0 Å². The number of fused-ring (bicyclic) bond motifs is 1. The molecule has 1 aromatic carbocycles. The average molecular weight is 258 g/mol. The third-order valence-electron chi connectivity index (χ3n) is 5.25. The summed E-state index contributed by atoms with van der Waals surface area (Å²) in [6.45, 7) is 10.6. The van der Waals surface area contributed by atoms with Gasteiger partial charge in [0.2, 0.25) is 0 Å². The maximum Gasteiger partial charge on any atom is 0.0304 e. The first-order valence-corrected chi connectivity index (χ1v) is 7.68. The third-order valence-corrected chi connectivity index (χ3v) is 5.25. The summed E-state index contributed by atoms with van der Waals surface area (Å²) in [6.07, 6.45) is 2.50. The lowest BCUT2D eigenvalue weighted by molar-refractivity contribution is 0.0446. The Labute approximate surface area is 117 Å². The number of nitrogens with zero attached hydrogens (tertiary/aromatic N) is 1. The predicted molar refractivity (Wildman–Crippen MR) is 80.6 cm³/mol. The zero-order chi connectivity index (χ0) is 13.5. The Balaban J connectivity index is 1.72. The summed E-state index contributed by atoms with van der Waals surface area (Å²) in [7, 11) is 0. The minimum Gasteiger partial charge on any atom is -0.311 e. The molecule has 2 heteroatoms. The van der Waals surface area contributed by atoms with E-state index in [-0.39, 0.29) is 0 Å². The topological polar surface area (TPSA) is 15.3 Å². The van der Waals surface area contributed by atoms with E-state index in [1.807, 2.05) is 0 Å². The molecular weight excluding hydrogens is 232 g/mol. The standard InChI is InChI=1S/C17H26N2/c1-4-17(3)12-18-13(2)10-19(17)11-15-9-14-7-5-6-8-16(14)15/h5-8,13,15,18H,4,9-12H2,1-3H3. The molecule has 0 saturated carbocycles. The monoisotopic (exact) mass is 258 g/mol. The van der Waals surface area contributed by atoms with Crippen molar-refractivity contribution in [3.63, 3.8) is 0 Å². The number of piperazine rings is 1. The van der Waals surface area contributed by atoms with Gasteiger partial charge in [-0.3, -0.25) is 4.90 Å². The maximum absolute atomic E-state index is 3.64. The van der Waals surface area contributed by atoms with Crippen LogP contribution in [0.15, 0.2) is 24.3 Å². The van der Waals surface area contributed by atoms with Crippen LogP contribution in [0.2, 0.25) is 0 Å². The van der Waals surface area contributed by atoms with Crippen LogP contribution in [0, 0.1) is 0 Å². The number of rotatable bonds is 3. The molecule has 1 heterocycles. The summed E-state index contributed by atoms with van der Waals surface area (Å²) in [5.74, 6) is 0.757. The van der Waals surface area contributed by atoms with E-state index in [4.69, 9.17) is 0 Å². The van der Waals surface area contributed by atoms with E-state index < -0.39 is 0 Å². The summed E-state index contributed by atoms with van der Waals surface area (Å²) in [5, 5.41) is 3.64. The van der Waals surface area contributed by atoms with Gasteiger partial charge in [0.25, 0.3) is 0 Å². The molecule has 0 bridgehead atoms. The Morgan fingerprint density at radius 2 is 2.16 bits per heavy atom. The van der Waals surface area contributed by atoms with E-state index >= 15 is 0 Å². The zero-order valence-corrected chi connectivity index (χ0v) is 12.4. The van der Waals surface area contributed by atoms with Crippen molar-refractivity contribution in [2.45, 2.75) is 51.1 Å². The van der Waals surface area contributed by atoms with Gasteiger partial charge in [0.1, 0.15) is 0 Å². The highest BCUT2D eigenvalue weighted by Crippen LogP contribution is 2.37. The second-order valence-corrected chi connectivity index (χ2v) is 6.64. The van der Waals surface area contributed by atoms with Crippen LogP contribution in [0.3, 0.4) is 0 Å². The fourth-order valence-electron chi connectivity index (χ4n) is 3.56. The Morgan fingerprint density at radius 3 is 2.89 bits per heavy atom. The van der Waals surface area contributed by atoms with Gasteiger partial charge in [0, 0.05) is 37.1 Å². The van der Waals surface area contributed by atoms with Crippen molar-refractivity contribution in [1.29, 1.82) is 0 Å². The zero-order valence-electron chi connectivity index (χ0n) is 12.4. The van der Waals surface area contributed by atoms with Gasteiger partial charge in [0.05, 0.1) is 0 Å². The quantitative estimate of drug-likeness (QED) is 0.897. The van der Waals surface area contributed by atoms with Crippen molar-refractivity contribution < 1.29 is 0 Å². The first kappa shape index (κ1) is 13.1. The molecule has 19 heavy (non-hydrogen) atoms. The van der Waals surface area contributed by atoms with E-state index in [0.717, 1.165) is 12.5 Å². The van der Waals surface area contributed by atoms with Crippen LogP contribution < -0.4 is 5.32 Å². The second-order valence-electron chi connectivity index (χ2n) is 6.64. The number of hydrogen-bond acceptors (Lipinski definition) is 2. The Kier molecular flexibility index (Phi) is 3.40. The molecule has 1 aromatic rings. The fraction of sp³-hybridized carbons (Fsp3) is 0.647. The van der Waals surface area contributed by atoms with E-state index in [9.17, 15) is 0 Å². The van der Waals surface area contributed by atoms with Gasteiger partial charge >= 0.3 is 0 Å². The predicted octanol–water partition coefficient (Wildman–Crippen LogP) is 2.79. The maximum atomic E-state index is 3.64. The van der Waals surface area contributed by atoms with E-state index in [2.05, 4.69) is 55.3 Å². The molecule has 3 rings (SSSR count). The molecular formula is C17H26N2. The highest BCUT2D eigenvalue weighted by Gasteiger charge is 2.38. The highest BCUT2D eigenvalue weighted by atomic mass is 15.3. The van der Waals surface area contributed by atoms with E-state index in [1.54, 1.807) is 11.1 Å². The normalized spacial score (nSPS) is 34.7. The molecule has 2 aliphatic rings. The molecule has 2 nitrogen and oxygen atoms in total. The smallest absolute Gasteiger partial charge is 0.0304 e. The lowest BCUT2D eigenvalue weighted by Crippen LogP contribution is -2.63. The van der Waals surface area contributed by atoms with Gasteiger partial charge in [0.15, 0.2) is 0 Å². The van der Waals surface area contributed by atoms with Crippen molar-refractivity contribution >= 4 is 0 Å². The molecule has 1 N–H and O–H groups in total. The van der Waals surface area contributed by atoms with Crippen molar-refractivity contribution in [1.82, 2.24) is 10.2 Å². The van der Waals surface area contributed by atoms with Crippen LogP contribution in [-0.4, -0.2) is 36.1 Å². The fourth-order valence-corrected chi connectivity index (χ4v) is 3.56. The molecule has 0 radical (unpaired) electrons. The van der Waals surface area contributed by atoms with Crippen molar-refractivity contribution in [3.8, 4) is 0 Å². The first-order chi connectivity index (χ1) is 9.12. The molecule has 3 atom stereocenters. The van der Waals surface area contributed by atoms with Crippen molar-refractivity contribution in [2.75, 3.05) is 19.6 Å². The van der Waals surface area contributed by atoms with E-state index in [1.165, 1.54) is 25.9 Å². The SMILES string of the molecule is CCC1(C)CNC(C)CN1CC1Cc2ccccc21. The Bertz CT molecular complexity index is 456. The number of benzene rings is 1. The first-order valence-electron chi connectivity index (χ1n) is 7.68. The van der Waals surface area contributed by atoms with E-state index in [0.29, 0.717) is 11.6 Å². The molecule has 1 fully saturated rings. The van der Waals surface area contributed by atoms with Crippen molar-refractivity contribution in [3.05, 3.63) is 35.4 Å². The lowest BCUT2D eigenvalue weighted by atomic mass is 9.76. The third kappa shape index (κ3) is 2.32. The largest absolute Gasteiger partial charge is 0.311 e. The summed E-state index contributed by atoms with van der Waals surface area (Å²) in [4.78, 5) is 2.73. The van der Waals surface area contributed by atoms with Crippen LogP contribution in [0.25, 0.3) is 0 Å². The van der Waals surface area contributed by atoms with Gasteiger partial charge in [-0.05, 0) is 37.8 Å². The minimum absolute atomic E-state index is 0.330. The number of nitrogens with one attached hydrogen (secondary N) is 1. The van der Waals surface area contributed by atoms with Gasteiger partial charge in [-0.25, -0.2) is 0 Å². The molecule has 0 amide bonds. The lowest BCUT2D eigenvalue weighted by Gasteiger charge is -2.49. The Hall–Kier alpha value is -0.860. The van der Waals surface area contributed by atoms with Gasteiger partial charge in [-0.1, -0.05) is 31.2 Å².